The summed E-state index contributed by atoms with van der Waals surface area (Å²) in [6.07, 6.45) is 12.5. The number of rotatable bonds is 10. The lowest BCUT2D eigenvalue weighted by Crippen LogP contribution is -2.48. The molecule has 5 rings (SSSR count). The predicted molar refractivity (Wildman–Crippen MR) is 156 cm³/mol. The quantitative estimate of drug-likeness (QED) is 0.372. The van der Waals surface area contributed by atoms with Crippen molar-refractivity contribution in [1.29, 1.82) is 0 Å². The summed E-state index contributed by atoms with van der Waals surface area (Å²) in [5, 5.41) is 10.8. The van der Waals surface area contributed by atoms with Crippen molar-refractivity contribution in [3.8, 4) is 5.75 Å². The molecule has 2 aromatic carbocycles. The third kappa shape index (κ3) is 7.16. The van der Waals surface area contributed by atoms with Gasteiger partial charge in [-0.25, -0.2) is 0 Å². The molecule has 1 aliphatic heterocycles. The van der Waals surface area contributed by atoms with Gasteiger partial charge in [0.25, 0.3) is 0 Å². The van der Waals surface area contributed by atoms with Crippen molar-refractivity contribution < 1.29 is 9.84 Å². The fraction of sp³-hybridized carbons (Fsp3) is 0.455. The molecule has 5 nitrogen and oxygen atoms in total. The number of aliphatic hydroxyl groups is 1. The number of ether oxygens (including phenoxy) is 1. The van der Waals surface area contributed by atoms with Crippen LogP contribution in [0.25, 0.3) is 12.2 Å². The molecule has 38 heavy (non-hydrogen) atoms. The molecule has 1 saturated heterocycles. The van der Waals surface area contributed by atoms with Gasteiger partial charge < -0.3 is 14.4 Å². The summed E-state index contributed by atoms with van der Waals surface area (Å²) in [6, 6.07) is 21.3. The van der Waals surface area contributed by atoms with Gasteiger partial charge in [-0.3, -0.25) is 9.80 Å². The molecule has 0 radical (unpaired) electrons. The van der Waals surface area contributed by atoms with E-state index in [1.807, 2.05) is 43.6 Å². The smallest absolute Gasteiger partial charge is 0.126 e. The van der Waals surface area contributed by atoms with E-state index in [2.05, 4.69) is 56.9 Å². The molecular formula is C33H43N3O2. The van der Waals surface area contributed by atoms with E-state index in [1.54, 1.807) is 5.56 Å². The molecule has 3 aromatic rings. The zero-order valence-electron chi connectivity index (χ0n) is 22.8. The van der Waals surface area contributed by atoms with Crippen molar-refractivity contribution in [2.24, 2.45) is 7.05 Å². The van der Waals surface area contributed by atoms with Crippen molar-refractivity contribution in [3.63, 3.8) is 0 Å². The Labute approximate surface area is 228 Å². The Morgan fingerprint density at radius 2 is 1.61 bits per heavy atom. The first-order valence-electron chi connectivity index (χ1n) is 14.4. The van der Waals surface area contributed by atoms with Gasteiger partial charge in [0.05, 0.1) is 0 Å². The van der Waals surface area contributed by atoms with Crippen LogP contribution in [0.4, 0.5) is 0 Å². The van der Waals surface area contributed by atoms with E-state index in [0.29, 0.717) is 13.2 Å². The molecule has 1 atom stereocenters. The largest absolute Gasteiger partial charge is 0.490 e. The Kier molecular flexibility index (Phi) is 9.34. The van der Waals surface area contributed by atoms with E-state index < -0.39 is 6.10 Å². The second-order valence-electron chi connectivity index (χ2n) is 11.0. The molecule has 5 heteroatoms. The highest BCUT2D eigenvalue weighted by molar-refractivity contribution is 5.71. The Balaban J connectivity index is 1.08. The van der Waals surface area contributed by atoms with Crippen molar-refractivity contribution in [1.82, 2.24) is 14.4 Å². The van der Waals surface area contributed by atoms with Gasteiger partial charge in [0.2, 0.25) is 0 Å². The Morgan fingerprint density at radius 1 is 0.868 bits per heavy atom. The highest BCUT2D eigenvalue weighted by Crippen LogP contribution is 2.34. The van der Waals surface area contributed by atoms with Gasteiger partial charge in [0, 0.05) is 63.8 Å². The van der Waals surface area contributed by atoms with Gasteiger partial charge in [0.1, 0.15) is 18.5 Å². The number of nitrogens with zero attached hydrogens (tertiary/aromatic N) is 3. The van der Waals surface area contributed by atoms with Crippen LogP contribution in [0, 0.1) is 0 Å². The predicted octanol–water partition coefficient (Wildman–Crippen LogP) is 5.80. The van der Waals surface area contributed by atoms with E-state index in [9.17, 15) is 5.11 Å². The van der Waals surface area contributed by atoms with Crippen molar-refractivity contribution in [2.45, 2.75) is 50.7 Å². The summed E-state index contributed by atoms with van der Waals surface area (Å²) < 4.78 is 8.15. The standard InChI is InChI=1S/C33H43N3O2/c1-34-19-9-14-30(34)18-17-28-12-6-8-16-33(28)38-26-31(37)25-36-22-20-35(21-23-36)24-29-13-5-7-15-32(29)27-10-3-2-4-11-27/h5-9,12-19,27,31,37H,2-4,10-11,20-26H2,1H3/b18-17+. The third-order valence-electron chi connectivity index (χ3n) is 8.20. The van der Waals surface area contributed by atoms with Gasteiger partial charge in [-0.2, -0.15) is 0 Å². The van der Waals surface area contributed by atoms with Crippen molar-refractivity contribution in [2.75, 3.05) is 39.3 Å². The van der Waals surface area contributed by atoms with E-state index in [0.717, 1.165) is 55.6 Å². The average molecular weight is 514 g/mol. The first-order valence-corrected chi connectivity index (χ1v) is 14.4. The number of aromatic nitrogens is 1. The van der Waals surface area contributed by atoms with Crippen LogP contribution in [0.5, 0.6) is 5.75 Å². The lowest BCUT2D eigenvalue weighted by atomic mass is 9.82. The Hall–Kier alpha value is -2.86. The molecule has 1 aliphatic carbocycles. The fourth-order valence-corrected chi connectivity index (χ4v) is 5.97. The summed E-state index contributed by atoms with van der Waals surface area (Å²) >= 11 is 0. The maximum absolute atomic E-state index is 10.8. The zero-order valence-corrected chi connectivity index (χ0v) is 22.8. The number of hydrogen-bond acceptors (Lipinski definition) is 4. The number of β-amino-alcohol motifs (C(OH)–C–C–N with tert-alkyl or cyclic N) is 1. The number of hydrogen-bond donors (Lipinski definition) is 1. The molecular weight excluding hydrogens is 470 g/mol. The van der Waals surface area contributed by atoms with Crippen molar-refractivity contribution in [3.05, 3.63) is 89.2 Å². The third-order valence-corrected chi connectivity index (χ3v) is 8.20. The highest BCUT2D eigenvalue weighted by atomic mass is 16.5. The monoisotopic (exact) mass is 513 g/mol. The SMILES string of the molecule is Cn1cccc1/C=C/c1ccccc1OCC(O)CN1CCN(Cc2ccccc2C2CCCCC2)CC1. The number of benzene rings is 2. The number of para-hydroxylation sites is 1. The lowest BCUT2D eigenvalue weighted by molar-refractivity contribution is 0.0445. The molecule has 0 bridgehead atoms. The van der Waals surface area contributed by atoms with E-state index in [1.165, 1.54) is 37.7 Å². The molecule has 2 fully saturated rings. The highest BCUT2D eigenvalue weighted by Gasteiger charge is 2.22. The molecule has 202 valence electrons. The van der Waals surface area contributed by atoms with Gasteiger partial charge in [-0.05, 0) is 60.2 Å². The van der Waals surface area contributed by atoms with Gasteiger partial charge in [-0.1, -0.05) is 61.7 Å². The van der Waals surface area contributed by atoms with Gasteiger partial charge >= 0.3 is 0 Å². The minimum absolute atomic E-state index is 0.296. The van der Waals surface area contributed by atoms with Crippen LogP contribution in [0.3, 0.4) is 0 Å². The van der Waals surface area contributed by atoms with Crippen LogP contribution in [-0.4, -0.2) is 64.9 Å². The van der Waals surface area contributed by atoms with Crippen LogP contribution < -0.4 is 4.74 Å². The minimum atomic E-state index is -0.515. The summed E-state index contributed by atoms with van der Waals surface area (Å²) in [5.74, 6) is 1.55. The summed E-state index contributed by atoms with van der Waals surface area (Å²) in [5.41, 5.74) is 5.25. The average Bonchev–Trinajstić information content (AvgIpc) is 3.37. The first kappa shape index (κ1) is 26.7. The first-order chi connectivity index (χ1) is 18.7. The van der Waals surface area contributed by atoms with Crippen LogP contribution in [0.1, 0.15) is 60.4 Å². The van der Waals surface area contributed by atoms with Crippen LogP contribution in [0.2, 0.25) is 0 Å². The Bertz CT molecular complexity index is 1170. The second-order valence-corrected chi connectivity index (χ2v) is 11.0. The molecule has 2 heterocycles. The zero-order chi connectivity index (χ0) is 26.2. The minimum Gasteiger partial charge on any atom is -0.490 e. The molecule has 1 N–H and O–H groups in total. The maximum atomic E-state index is 10.8. The van der Waals surface area contributed by atoms with E-state index in [4.69, 9.17) is 4.74 Å². The summed E-state index contributed by atoms with van der Waals surface area (Å²) in [4.78, 5) is 4.95. The fourth-order valence-electron chi connectivity index (χ4n) is 5.97. The topological polar surface area (TPSA) is 40.9 Å². The summed E-state index contributed by atoms with van der Waals surface area (Å²) in [6.45, 7) is 6.03. The number of piperazine rings is 1. The normalized spacial score (nSPS) is 18.7. The molecule has 1 aromatic heterocycles. The van der Waals surface area contributed by atoms with Crippen molar-refractivity contribution >= 4 is 12.2 Å². The number of aliphatic hydroxyl groups excluding tert-OH is 1. The number of aryl methyl sites for hydroxylation is 1. The lowest BCUT2D eigenvalue weighted by Gasteiger charge is -2.36. The van der Waals surface area contributed by atoms with Gasteiger partial charge in [-0.15, -0.1) is 0 Å². The molecule has 1 saturated carbocycles. The molecule has 0 spiro atoms. The maximum Gasteiger partial charge on any atom is 0.126 e. The van der Waals surface area contributed by atoms with Crippen LogP contribution >= 0.6 is 0 Å². The Morgan fingerprint density at radius 3 is 2.39 bits per heavy atom. The molecule has 0 amide bonds. The van der Waals surface area contributed by atoms with E-state index in [-0.39, 0.29) is 0 Å². The molecule has 1 unspecified atom stereocenters. The van der Waals surface area contributed by atoms with E-state index >= 15 is 0 Å². The summed E-state index contributed by atoms with van der Waals surface area (Å²) in [7, 11) is 2.04. The second kappa shape index (κ2) is 13.3. The van der Waals surface area contributed by atoms with Crippen LogP contribution in [0.15, 0.2) is 66.9 Å². The van der Waals surface area contributed by atoms with Crippen LogP contribution in [-0.2, 0) is 13.6 Å². The van der Waals surface area contributed by atoms with Gasteiger partial charge in [0.15, 0.2) is 0 Å². The molecule has 2 aliphatic rings.